The van der Waals surface area contributed by atoms with E-state index in [0.717, 1.165) is 29.1 Å². The molecule has 0 saturated carbocycles. The lowest BCUT2D eigenvalue weighted by molar-refractivity contribution is 0.0114. The predicted octanol–water partition coefficient (Wildman–Crippen LogP) is 2.71. The summed E-state index contributed by atoms with van der Waals surface area (Å²) in [6.07, 6.45) is 1.19. The van der Waals surface area contributed by atoms with Gasteiger partial charge >= 0.3 is 0 Å². The number of aryl methyl sites for hydroxylation is 1. The highest BCUT2D eigenvalue weighted by Gasteiger charge is 2.30. The Morgan fingerprint density at radius 1 is 1.39 bits per heavy atom. The molecule has 0 radical (unpaired) electrons. The molecule has 1 aliphatic rings. The number of halogens is 1. The van der Waals surface area contributed by atoms with Gasteiger partial charge in [-0.25, -0.2) is 0 Å². The van der Waals surface area contributed by atoms with Gasteiger partial charge in [-0.2, -0.15) is 0 Å². The second kappa shape index (κ2) is 6.53. The third-order valence-electron chi connectivity index (χ3n) is 3.34. The molecular weight excluding hydrogens is 250 g/mol. The Bertz CT molecular complexity index is 397. The lowest BCUT2D eigenvalue weighted by Gasteiger charge is -2.22. The van der Waals surface area contributed by atoms with Gasteiger partial charge in [0.05, 0.1) is 25.4 Å². The van der Waals surface area contributed by atoms with E-state index in [9.17, 15) is 0 Å². The highest BCUT2D eigenvalue weighted by molar-refractivity contribution is 6.32. The zero-order valence-corrected chi connectivity index (χ0v) is 11.7. The van der Waals surface area contributed by atoms with E-state index in [-0.39, 0.29) is 12.1 Å². The Labute approximate surface area is 113 Å². The monoisotopic (exact) mass is 269 g/mol. The molecule has 1 aromatic carbocycles. The summed E-state index contributed by atoms with van der Waals surface area (Å²) in [7, 11) is 1.69. The summed E-state index contributed by atoms with van der Waals surface area (Å²) in [5, 5.41) is 4.31. The second-order valence-corrected chi connectivity index (χ2v) is 4.98. The van der Waals surface area contributed by atoms with Crippen molar-refractivity contribution in [2.24, 2.45) is 0 Å². The van der Waals surface area contributed by atoms with Crippen LogP contribution in [0.4, 0.5) is 0 Å². The molecule has 100 valence electrons. The highest BCUT2D eigenvalue weighted by atomic mass is 35.5. The molecule has 18 heavy (non-hydrogen) atoms. The summed E-state index contributed by atoms with van der Waals surface area (Å²) >= 11 is 6.38. The van der Waals surface area contributed by atoms with Crippen molar-refractivity contribution >= 4 is 11.6 Å². The molecular formula is C14H20ClNO2. The topological polar surface area (TPSA) is 30.5 Å². The van der Waals surface area contributed by atoms with E-state index in [2.05, 4.69) is 11.4 Å². The molecule has 1 fully saturated rings. The van der Waals surface area contributed by atoms with Crippen LogP contribution < -0.4 is 5.32 Å². The quantitative estimate of drug-likeness (QED) is 0.834. The average Bonchev–Trinajstić information content (AvgIpc) is 2.81. The standard InChI is InChI=1S/C14H20ClNO2/c1-10-4-3-5-11(13(10)15)14-12(6-7-16-14)18-9-8-17-2/h3-5,12,14,16H,6-9H2,1-2H3/t12-,14-/m1/s1. The maximum absolute atomic E-state index is 6.38. The Hall–Kier alpha value is -0.610. The van der Waals surface area contributed by atoms with Crippen LogP contribution in [0.3, 0.4) is 0 Å². The van der Waals surface area contributed by atoms with Gasteiger partial charge in [-0.15, -0.1) is 0 Å². The van der Waals surface area contributed by atoms with E-state index >= 15 is 0 Å². The Balaban J connectivity index is 2.08. The van der Waals surface area contributed by atoms with E-state index < -0.39 is 0 Å². The molecule has 1 heterocycles. The minimum atomic E-state index is 0.180. The zero-order chi connectivity index (χ0) is 13.0. The number of nitrogens with one attached hydrogen (secondary N) is 1. The Morgan fingerprint density at radius 2 is 2.22 bits per heavy atom. The third kappa shape index (κ3) is 3.04. The maximum atomic E-state index is 6.38. The van der Waals surface area contributed by atoms with Gasteiger partial charge in [-0.3, -0.25) is 0 Å². The number of hydrogen-bond donors (Lipinski definition) is 1. The molecule has 0 unspecified atom stereocenters. The Kier molecular flexibility index (Phi) is 5.01. The lowest BCUT2D eigenvalue weighted by Crippen LogP contribution is -2.25. The number of rotatable bonds is 5. The highest BCUT2D eigenvalue weighted by Crippen LogP contribution is 2.32. The summed E-state index contributed by atoms with van der Waals surface area (Å²) in [4.78, 5) is 0. The first-order chi connectivity index (χ1) is 8.74. The van der Waals surface area contributed by atoms with Crippen molar-refractivity contribution in [2.45, 2.75) is 25.5 Å². The maximum Gasteiger partial charge on any atom is 0.0783 e. The van der Waals surface area contributed by atoms with Gasteiger partial charge in [-0.05, 0) is 31.0 Å². The van der Waals surface area contributed by atoms with Crippen LogP contribution in [0, 0.1) is 6.92 Å². The molecule has 3 nitrogen and oxygen atoms in total. The largest absolute Gasteiger partial charge is 0.382 e. The molecule has 1 aromatic rings. The van der Waals surface area contributed by atoms with Gasteiger partial charge in [0.2, 0.25) is 0 Å². The average molecular weight is 270 g/mol. The van der Waals surface area contributed by atoms with Crippen LogP contribution in [0.15, 0.2) is 18.2 Å². The molecule has 1 saturated heterocycles. The van der Waals surface area contributed by atoms with Gasteiger partial charge in [0.15, 0.2) is 0 Å². The number of benzene rings is 1. The Morgan fingerprint density at radius 3 is 3.00 bits per heavy atom. The van der Waals surface area contributed by atoms with Crippen LogP contribution in [0.2, 0.25) is 5.02 Å². The van der Waals surface area contributed by atoms with E-state index in [1.165, 1.54) is 0 Å². The normalized spacial score (nSPS) is 23.5. The first kappa shape index (κ1) is 13.8. The fourth-order valence-corrected chi connectivity index (χ4v) is 2.61. The van der Waals surface area contributed by atoms with E-state index in [4.69, 9.17) is 21.1 Å². The van der Waals surface area contributed by atoms with Gasteiger partial charge < -0.3 is 14.8 Å². The molecule has 1 aliphatic heterocycles. The summed E-state index contributed by atoms with van der Waals surface area (Å²) in [5.41, 5.74) is 2.25. The molecule has 0 amide bonds. The molecule has 2 rings (SSSR count). The van der Waals surface area contributed by atoms with E-state index in [0.29, 0.717) is 13.2 Å². The summed E-state index contributed by atoms with van der Waals surface area (Å²) in [5.74, 6) is 0. The van der Waals surface area contributed by atoms with Crippen LogP contribution in [0.1, 0.15) is 23.6 Å². The molecule has 0 aliphatic carbocycles. The molecule has 2 atom stereocenters. The fourth-order valence-electron chi connectivity index (χ4n) is 2.36. The first-order valence-corrected chi connectivity index (χ1v) is 6.70. The fraction of sp³-hybridized carbons (Fsp3) is 0.571. The van der Waals surface area contributed by atoms with Crippen LogP contribution >= 0.6 is 11.6 Å². The third-order valence-corrected chi connectivity index (χ3v) is 3.86. The van der Waals surface area contributed by atoms with E-state index in [1.807, 2.05) is 19.1 Å². The molecule has 0 spiro atoms. The number of methoxy groups -OCH3 is 1. The van der Waals surface area contributed by atoms with Crippen LogP contribution in [-0.4, -0.2) is 33.0 Å². The van der Waals surface area contributed by atoms with Crippen LogP contribution in [-0.2, 0) is 9.47 Å². The van der Waals surface area contributed by atoms with Crippen molar-refractivity contribution in [2.75, 3.05) is 26.9 Å². The SMILES string of the molecule is COCCO[C@@H]1CCN[C@@H]1c1cccc(C)c1Cl. The van der Waals surface area contributed by atoms with E-state index in [1.54, 1.807) is 7.11 Å². The summed E-state index contributed by atoms with van der Waals surface area (Å²) in [6, 6.07) is 6.34. The second-order valence-electron chi connectivity index (χ2n) is 4.60. The van der Waals surface area contributed by atoms with Gasteiger partial charge in [0, 0.05) is 12.1 Å². The minimum absolute atomic E-state index is 0.180. The van der Waals surface area contributed by atoms with Gasteiger partial charge in [0.25, 0.3) is 0 Å². The van der Waals surface area contributed by atoms with Gasteiger partial charge in [-0.1, -0.05) is 29.8 Å². The molecule has 0 aromatic heterocycles. The summed E-state index contributed by atoms with van der Waals surface area (Å²) in [6.45, 7) is 4.25. The molecule has 0 bridgehead atoms. The van der Waals surface area contributed by atoms with Crippen LogP contribution in [0.25, 0.3) is 0 Å². The first-order valence-electron chi connectivity index (χ1n) is 6.33. The van der Waals surface area contributed by atoms with Crippen molar-refractivity contribution in [1.82, 2.24) is 5.32 Å². The van der Waals surface area contributed by atoms with Gasteiger partial charge in [0.1, 0.15) is 0 Å². The van der Waals surface area contributed by atoms with Crippen molar-refractivity contribution in [1.29, 1.82) is 0 Å². The smallest absolute Gasteiger partial charge is 0.0783 e. The predicted molar refractivity (Wildman–Crippen MR) is 73.2 cm³/mol. The number of hydrogen-bond acceptors (Lipinski definition) is 3. The van der Waals surface area contributed by atoms with Crippen molar-refractivity contribution in [3.63, 3.8) is 0 Å². The molecule has 4 heteroatoms. The summed E-state index contributed by atoms with van der Waals surface area (Å²) < 4.78 is 10.9. The lowest BCUT2D eigenvalue weighted by atomic mass is 10.0. The number of ether oxygens (including phenoxy) is 2. The van der Waals surface area contributed by atoms with Crippen LogP contribution in [0.5, 0.6) is 0 Å². The van der Waals surface area contributed by atoms with Crippen molar-refractivity contribution in [3.8, 4) is 0 Å². The minimum Gasteiger partial charge on any atom is -0.382 e. The molecule has 1 N–H and O–H groups in total. The van der Waals surface area contributed by atoms with Crippen molar-refractivity contribution in [3.05, 3.63) is 34.3 Å². The zero-order valence-electron chi connectivity index (χ0n) is 10.9. The van der Waals surface area contributed by atoms with Crippen molar-refractivity contribution < 1.29 is 9.47 Å².